The minimum Gasteiger partial charge on any atom is -0.378 e. The van der Waals surface area contributed by atoms with Crippen LogP contribution in [0.5, 0.6) is 0 Å². The molecular weight excluding hydrogens is 443 g/mol. The summed E-state index contributed by atoms with van der Waals surface area (Å²) < 4.78 is 40.6. The molecule has 1 aliphatic carbocycles. The first-order valence-corrected chi connectivity index (χ1v) is 11.8. The van der Waals surface area contributed by atoms with Gasteiger partial charge >= 0.3 is 6.18 Å². The lowest BCUT2D eigenvalue weighted by Gasteiger charge is -2.22. The molecule has 5 nitrogen and oxygen atoms in total. The molecule has 0 saturated heterocycles. The van der Waals surface area contributed by atoms with Crippen LogP contribution in [0.1, 0.15) is 86.0 Å². The number of amides is 1. The average Bonchev–Trinajstić information content (AvgIpc) is 3.13. The summed E-state index contributed by atoms with van der Waals surface area (Å²) in [6, 6.07) is 4.90. The van der Waals surface area contributed by atoms with Crippen LogP contribution < -0.4 is 5.32 Å². The average molecular weight is 476 g/mol. The summed E-state index contributed by atoms with van der Waals surface area (Å²) in [6.07, 6.45) is 1.80. The van der Waals surface area contributed by atoms with Crippen LogP contribution in [-0.2, 0) is 19.1 Å². The largest absolute Gasteiger partial charge is 0.416 e. The molecule has 184 valence electrons. The minimum atomic E-state index is -4.41. The standard InChI is InChI=1S/C26H32F3N3O2/c1-4-22-31-21(14-15-25(2,3)34)23(24(33)30-16-18-8-6-5-7-9-18)32(22)17-19-10-12-20(13-11-19)26(27,28)29/h10-13,18,34H,4-9,16-17H2,1-3H3,(H,30,33). The summed E-state index contributed by atoms with van der Waals surface area (Å²) >= 11 is 0. The molecule has 1 aliphatic rings. The van der Waals surface area contributed by atoms with Crippen molar-refractivity contribution < 1.29 is 23.1 Å². The number of rotatable bonds is 6. The first-order valence-electron chi connectivity index (χ1n) is 11.8. The highest BCUT2D eigenvalue weighted by Gasteiger charge is 2.30. The Labute approximate surface area is 198 Å². The van der Waals surface area contributed by atoms with E-state index in [9.17, 15) is 23.1 Å². The fourth-order valence-corrected chi connectivity index (χ4v) is 4.16. The summed E-state index contributed by atoms with van der Waals surface area (Å²) in [4.78, 5) is 17.8. The van der Waals surface area contributed by atoms with Gasteiger partial charge in [0, 0.05) is 19.5 Å². The maximum atomic E-state index is 13.3. The molecule has 0 unspecified atom stereocenters. The van der Waals surface area contributed by atoms with Crippen LogP contribution in [-0.4, -0.2) is 32.7 Å². The molecule has 34 heavy (non-hydrogen) atoms. The van der Waals surface area contributed by atoms with Crippen LogP contribution >= 0.6 is 0 Å². The summed E-state index contributed by atoms with van der Waals surface area (Å²) in [5, 5.41) is 13.1. The fraction of sp³-hybridized carbons (Fsp3) is 0.538. The summed E-state index contributed by atoms with van der Waals surface area (Å²) in [5.74, 6) is 6.27. The Kier molecular flexibility index (Phi) is 8.09. The zero-order valence-corrected chi connectivity index (χ0v) is 19.9. The van der Waals surface area contributed by atoms with Gasteiger partial charge in [0.15, 0.2) is 0 Å². The first kappa shape index (κ1) is 25.8. The van der Waals surface area contributed by atoms with Gasteiger partial charge < -0.3 is 15.0 Å². The number of nitrogens with zero attached hydrogens (tertiary/aromatic N) is 2. The molecule has 1 heterocycles. The number of hydrogen-bond acceptors (Lipinski definition) is 3. The number of aliphatic hydroxyl groups is 1. The third kappa shape index (κ3) is 6.86. The van der Waals surface area contributed by atoms with E-state index in [1.165, 1.54) is 18.6 Å². The first-order chi connectivity index (χ1) is 16.0. The molecule has 0 spiro atoms. The molecule has 0 atom stereocenters. The van der Waals surface area contributed by atoms with Gasteiger partial charge in [0.1, 0.15) is 22.8 Å². The number of aromatic nitrogens is 2. The van der Waals surface area contributed by atoms with E-state index in [1.54, 1.807) is 18.4 Å². The Balaban J connectivity index is 1.94. The quantitative estimate of drug-likeness (QED) is 0.582. The second-order valence-corrected chi connectivity index (χ2v) is 9.38. The van der Waals surface area contributed by atoms with Gasteiger partial charge in [-0.15, -0.1) is 0 Å². The Morgan fingerprint density at radius 2 is 1.82 bits per heavy atom. The number of carbonyl (C=O) groups excluding carboxylic acids is 1. The number of imidazole rings is 1. The van der Waals surface area contributed by atoms with Crippen LogP contribution in [0.15, 0.2) is 24.3 Å². The van der Waals surface area contributed by atoms with Gasteiger partial charge in [-0.3, -0.25) is 4.79 Å². The summed E-state index contributed by atoms with van der Waals surface area (Å²) in [6.45, 7) is 5.72. The van der Waals surface area contributed by atoms with Crippen molar-refractivity contribution in [2.75, 3.05) is 6.54 Å². The molecular formula is C26H32F3N3O2. The van der Waals surface area contributed by atoms with Gasteiger partial charge in [-0.2, -0.15) is 13.2 Å². The van der Waals surface area contributed by atoms with Crippen LogP contribution in [0.3, 0.4) is 0 Å². The van der Waals surface area contributed by atoms with E-state index in [4.69, 9.17) is 0 Å². The minimum absolute atomic E-state index is 0.185. The SMILES string of the molecule is CCc1nc(C#CC(C)(C)O)c(C(=O)NCC2CCCCC2)n1Cc1ccc(C(F)(F)F)cc1. The predicted molar refractivity (Wildman–Crippen MR) is 124 cm³/mol. The smallest absolute Gasteiger partial charge is 0.378 e. The fourth-order valence-electron chi connectivity index (χ4n) is 4.16. The zero-order chi connectivity index (χ0) is 24.9. The topological polar surface area (TPSA) is 67.2 Å². The van der Waals surface area contributed by atoms with Crippen molar-refractivity contribution in [2.45, 2.75) is 77.6 Å². The monoisotopic (exact) mass is 475 g/mol. The molecule has 2 aromatic rings. The Hall–Kier alpha value is -2.79. The van der Waals surface area contributed by atoms with Gasteiger partial charge in [-0.05, 0) is 56.2 Å². The third-order valence-corrected chi connectivity index (χ3v) is 5.96. The maximum Gasteiger partial charge on any atom is 0.416 e. The number of halogens is 3. The van der Waals surface area contributed by atoms with Crippen molar-refractivity contribution in [3.8, 4) is 11.8 Å². The Bertz CT molecular complexity index is 1050. The van der Waals surface area contributed by atoms with E-state index < -0.39 is 17.3 Å². The summed E-state index contributed by atoms with van der Waals surface area (Å²) in [5.41, 5.74) is -0.848. The predicted octanol–water partition coefficient (Wildman–Crippen LogP) is 4.95. The molecule has 8 heteroatoms. The van der Waals surface area contributed by atoms with E-state index in [1.807, 2.05) is 6.92 Å². The molecule has 1 amide bonds. The highest BCUT2D eigenvalue weighted by atomic mass is 19.4. The number of nitrogens with one attached hydrogen (secondary N) is 1. The number of alkyl halides is 3. The van der Waals surface area contributed by atoms with Crippen LogP contribution in [0, 0.1) is 17.8 Å². The van der Waals surface area contributed by atoms with E-state index in [-0.39, 0.29) is 23.8 Å². The van der Waals surface area contributed by atoms with Crippen molar-refractivity contribution in [3.63, 3.8) is 0 Å². The molecule has 1 saturated carbocycles. The van der Waals surface area contributed by atoms with Crippen LogP contribution in [0.25, 0.3) is 0 Å². The number of hydrogen-bond donors (Lipinski definition) is 2. The van der Waals surface area contributed by atoms with Crippen molar-refractivity contribution in [1.29, 1.82) is 0 Å². The molecule has 0 radical (unpaired) electrons. The van der Waals surface area contributed by atoms with Gasteiger partial charge in [0.25, 0.3) is 5.91 Å². The van der Waals surface area contributed by atoms with E-state index in [0.717, 1.165) is 37.8 Å². The van der Waals surface area contributed by atoms with Gasteiger partial charge in [0.05, 0.1) is 5.56 Å². The third-order valence-electron chi connectivity index (χ3n) is 5.96. The number of carbonyl (C=O) groups is 1. The van der Waals surface area contributed by atoms with E-state index in [2.05, 4.69) is 22.1 Å². The number of aryl methyl sites for hydroxylation is 1. The van der Waals surface area contributed by atoms with Crippen molar-refractivity contribution in [2.24, 2.45) is 5.92 Å². The van der Waals surface area contributed by atoms with Gasteiger partial charge in [-0.1, -0.05) is 44.2 Å². The molecule has 3 rings (SSSR count). The van der Waals surface area contributed by atoms with Gasteiger partial charge in [0.2, 0.25) is 0 Å². The molecule has 0 bridgehead atoms. The number of benzene rings is 1. The molecule has 1 aromatic heterocycles. The highest BCUT2D eigenvalue weighted by Crippen LogP contribution is 2.29. The molecule has 1 fully saturated rings. The zero-order valence-electron chi connectivity index (χ0n) is 19.9. The lowest BCUT2D eigenvalue weighted by molar-refractivity contribution is -0.137. The van der Waals surface area contributed by atoms with E-state index in [0.29, 0.717) is 30.3 Å². The Morgan fingerprint density at radius 1 is 1.18 bits per heavy atom. The van der Waals surface area contributed by atoms with Crippen molar-refractivity contribution in [1.82, 2.24) is 14.9 Å². The molecule has 0 aliphatic heterocycles. The molecule has 1 aromatic carbocycles. The lowest BCUT2D eigenvalue weighted by atomic mass is 9.89. The highest BCUT2D eigenvalue weighted by molar-refractivity contribution is 5.95. The second-order valence-electron chi connectivity index (χ2n) is 9.38. The van der Waals surface area contributed by atoms with Crippen molar-refractivity contribution >= 4 is 5.91 Å². The maximum absolute atomic E-state index is 13.3. The van der Waals surface area contributed by atoms with E-state index >= 15 is 0 Å². The lowest BCUT2D eigenvalue weighted by Crippen LogP contribution is -2.32. The van der Waals surface area contributed by atoms with Crippen LogP contribution in [0.4, 0.5) is 13.2 Å². The second kappa shape index (κ2) is 10.6. The Morgan fingerprint density at radius 3 is 2.38 bits per heavy atom. The molecule has 2 N–H and O–H groups in total. The normalized spacial score (nSPS) is 15.0. The van der Waals surface area contributed by atoms with Crippen molar-refractivity contribution in [3.05, 3.63) is 52.6 Å². The van der Waals surface area contributed by atoms with Gasteiger partial charge in [-0.25, -0.2) is 4.98 Å². The summed E-state index contributed by atoms with van der Waals surface area (Å²) in [7, 11) is 0. The van der Waals surface area contributed by atoms with Crippen LogP contribution in [0.2, 0.25) is 0 Å².